The Labute approximate surface area is 232 Å². The monoisotopic (exact) mass is 526 g/mol. The predicted octanol–water partition coefficient (Wildman–Crippen LogP) is 5.93. The van der Waals surface area contributed by atoms with Crippen molar-refractivity contribution in [2.75, 3.05) is 13.1 Å². The lowest BCUT2D eigenvalue weighted by Gasteiger charge is -2.31. The minimum atomic E-state index is 0.502. The van der Waals surface area contributed by atoms with Crippen LogP contribution in [0, 0.1) is 6.92 Å². The minimum absolute atomic E-state index is 0.502. The van der Waals surface area contributed by atoms with Crippen LogP contribution in [0.1, 0.15) is 35.8 Å². The fourth-order valence-electron chi connectivity index (χ4n) is 5.59. The van der Waals surface area contributed by atoms with Gasteiger partial charge in [-0.3, -0.25) is 15.0 Å². The second kappa shape index (κ2) is 10.5. The van der Waals surface area contributed by atoms with Gasteiger partial charge in [0.05, 0.1) is 11.4 Å². The average molecular weight is 527 g/mol. The number of aromatic amines is 1. The first-order valence-electron chi connectivity index (χ1n) is 13.8. The van der Waals surface area contributed by atoms with Crippen LogP contribution >= 0.6 is 0 Å². The highest BCUT2D eigenvalue weighted by Gasteiger charge is 2.23. The normalized spacial score (nSPS) is 14.6. The summed E-state index contributed by atoms with van der Waals surface area (Å²) in [6.07, 6.45) is 6.07. The molecule has 0 bridgehead atoms. The number of aryl methyl sites for hydroxylation is 1. The Balaban J connectivity index is 1.05. The van der Waals surface area contributed by atoms with Gasteiger partial charge in [0.1, 0.15) is 11.5 Å². The number of rotatable bonds is 6. The zero-order chi connectivity index (χ0) is 26.9. The average Bonchev–Trinajstić information content (AvgIpc) is 3.64. The molecule has 4 aromatic heterocycles. The third kappa shape index (κ3) is 4.89. The molecule has 0 spiro atoms. The van der Waals surface area contributed by atoms with Gasteiger partial charge in [0, 0.05) is 41.7 Å². The number of nitrogens with zero attached hydrogens (tertiary/aromatic N) is 7. The van der Waals surface area contributed by atoms with E-state index in [0.717, 1.165) is 66.2 Å². The van der Waals surface area contributed by atoms with E-state index in [0.29, 0.717) is 17.5 Å². The molecule has 7 rings (SSSR count). The van der Waals surface area contributed by atoms with Gasteiger partial charge in [-0.2, -0.15) is 15.2 Å². The molecule has 0 unspecified atom stereocenters. The molecule has 0 radical (unpaired) electrons. The van der Waals surface area contributed by atoms with Crippen LogP contribution in [0.5, 0.6) is 0 Å². The van der Waals surface area contributed by atoms with E-state index in [1.54, 1.807) is 4.52 Å². The molecular formula is C32H30N8. The van der Waals surface area contributed by atoms with E-state index < -0.39 is 0 Å². The summed E-state index contributed by atoms with van der Waals surface area (Å²) < 4.78 is 1.77. The maximum absolute atomic E-state index is 4.91. The third-order valence-electron chi connectivity index (χ3n) is 7.71. The highest BCUT2D eigenvalue weighted by atomic mass is 15.3. The van der Waals surface area contributed by atoms with Crippen molar-refractivity contribution in [1.82, 2.24) is 39.7 Å². The van der Waals surface area contributed by atoms with Gasteiger partial charge >= 0.3 is 0 Å². The first-order chi connectivity index (χ1) is 19.7. The summed E-state index contributed by atoms with van der Waals surface area (Å²) in [7, 11) is 0. The van der Waals surface area contributed by atoms with Crippen LogP contribution in [0.25, 0.3) is 39.5 Å². The number of benzene rings is 2. The number of aromatic nitrogens is 7. The number of nitrogens with one attached hydrogen (secondary N) is 1. The van der Waals surface area contributed by atoms with Crippen molar-refractivity contribution in [3.8, 4) is 33.8 Å². The molecular weight excluding hydrogens is 496 g/mol. The molecule has 1 aliphatic heterocycles. The predicted molar refractivity (Wildman–Crippen MR) is 155 cm³/mol. The second-order valence-corrected chi connectivity index (χ2v) is 10.4. The Kier molecular flexibility index (Phi) is 6.37. The van der Waals surface area contributed by atoms with E-state index in [-0.39, 0.29) is 0 Å². The molecule has 8 nitrogen and oxygen atoms in total. The molecule has 5 heterocycles. The fourth-order valence-corrected chi connectivity index (χ4v) is 5.59. The van der Waals surface area contributed by atoms with Crippen LogP contribution in [-0.4, -0.2) is 52.8 Å². The van der Waals surface area contributed by atoms with E-state index in [2.05, 4.69) is 72.6 Å². The summed E-state index contributed by atoms with van der Waals surface area (Å²) in [5.41, 5.74) is 8.49. The van der Waals surface area contributed by atoms with Crippen LogP contribution in [0.3, 0.4) is 0 Å². The molecule has 0 aliphatic carbocycles. The summed E-state index contributed by atoms with van der Waals surface area (Å²) in [6, 6.07) is 27.2. The van der Waals surface area contributed by atoms with Crippen LogP contribution in [0.15, 0.2) is 91.3 Å². The number of H-pyrrole nitrogens is 1. The zero-order valence-corrected chi connectivity index (χ0v) is 22.4. The summed E-state index contributed by atoms with van der Waals surface area (Å²) in [4.78, 5) is 16.4. The Bertz CT molecular complexity index is 1730. The van der Waals surface area contributed by atoms with Crippen LogP contribution in [0.2, 0.25) is 0 Å². The van der Waals surface area contributed by atoms with Crippen LogP contribution in [0.4, 0.5) is 0 Å². The van der Waals surface area contributed by atoms with E-state index in [1.807, 2.05) is 55.7 Å². The topological polar surface area (TPSA) is 87.9 Å². The van der Waals surface area contributed by atoms with Gasteiger partial charge in [-0.15, -0.1) is 0 Å². The molecule has 8 heteroatoms. The van der Waals surface area contributed by atoms with Gasteiger partial charge in [-0.05, 0) is 62.2 Å². The first kappa shape index (κ1) is 24.4. The van der Waals surface area contributed by atoms with Crippen molar-refractivity contribution in [3.05, 3.63) is 108 Å². The van der Waals surface area contributed by atoms with Crippen LogP contribution < -0.4 is 0 Å². The molecule has 1 N–H and O–H groups in total. The van der Waals surface area contributed by atoms with Crippen LogP contribution in [-0.2, 0) is 6.54 Å². The van der Waals surface area contributed by atoms with E-state index >= 15 is 0 Å². The van der Waals surface area contributed by atoms with Crippen molar-refractivity contribution < 1.29 is 0 Å². The number of pyridine rings is 1. The van der Waals surface area contributed by atoms with Gasteiger partial charge < -0.3 is 0 Å². The highest BCUT2D eigenvalue weighted by Crippen LogP contribution is 2.32. The quantitative estimate of drug-likeness (QED) is 0.289. The van der Waals surface area contributed by atoms with E-state index in [1.165, 1.54) is 11.3 Å². The maximum Gasteiger partial charge on any atom is 0.252 e. The number of hydrogen-bond acceptors (Lipinski definition) is 6. The lowest BCUT2D eigenvalue weighted by atomic mass is 9.93. The largest absolute Gasteiger partial charge is 0.299 e. The number of piperidine rings is 1. The van der Waals surface area contributed by atoms with Crippen molar-refractivity contribution in [1.29, 1.82) is 0 Å². The fraction of sp³-hybridized carbons (Fsp3) is 0.219. The van der Waals surface area contributed by atoms with Crippen molar-refractivity contribution in [2.45, 2.75) is 32.2 Å². The molecule has 0 amide bonds. The zero-order valence-electron chi connectivity index (χ0n) is 22.4. The van der Waals surface area contributed by atoms with Crippen molar-refractivity contribution in [3.63, 3.8) is 0 Å². The minimum Gasteiger partial charge on any atom is -0.299 e. The van der Waals surface area contributed by atoms with Gasteiger partial charge in [0.15, 0.2) is 0 Å². The molecule has 0 atom stereocenters. The molecule has 6 aromatic rings. The summed E-state index contributed by atoms with van der Waals surface area (Å²) in [5, 5.41) is 12.3. The van der Waals surface area contributed by atoms with Gasteiger partial charge in [0.2, 0.25) is 0 Å². The smallest absolute Gasteiger partial charge is 0.252 e. The number of fused-ring (bicyclic) bond motifs is 1. The van der Waals surface area contributed by atoms with Crippen molar-refractivity contribution >= 4 is 5.78 Å². The number of hydrogen-bond donors (Lipinski definition) is 1. The lowest BCUT2D eigenvalue weighted by Crippen LogP contribution is -2.32. The SMILES string of the molecule is Cc1nc2nc(-c3ccc(CN4CCC(c5cc(-c6ccccn6)n[nH]5)CC4)cc3)c(-c3ccccc3)cn2n1. The highest BCUT2D eigenvalue weighted by molar-refractivity contribution is 5.81. The van der Waals surface area contributed by atoms with Gasteiger partial charge in [-0.25, -0.2) is 9.50 Å². The molecule has 198 valence electrons. The Morgan fingerprint density at radius 3 is 2.42 bits per heavy atom. The maximum atomic E-state index is 4.91. The summed E-state index contributed by atoms with van der Waals surface area (Å²) in [5.74, 6) is 1.83. The Morgan fingerprint density at radius 1 is 0.850 bits per heavy atom. The van der Waals surface area contributed by atoms with Gasteiger partial charge in [-0.1, -0.05) is 60.7 Å². The van der Waals surface area contributed by atoms with Gasteiger partial charge in [0.25, 0.3) is 5.78 Å². The first-order valence-corrected chi connectivity index (χ1v) is 13.8. The standard InChI is InChI=1S/C32H30N8/c1-22-34-32-35-31(27(21-40(32)38-22)24-7-3-2-4-8-24)26-12-10-23(11-13-26)20-39-17-14-25(15-18-39)29-19-30(37-36-29)28-9-5-6-16-33-28/h2-13,16,19,21,25H,14-15,17-18,20H2,1H3,(H,36,37). The molecule has 2 aromatic carbocycles. The molecule has 40 heavy (non-hydrogen) atoms. The van der Waals surface area contributed by atoms with E-state index in [4.69, 9.17) is 4.98 Å². The Hall–Kier alpha value is -4.69. The summed E-state index contributed by atoms with van der Waals surface area (Å²) >= 11 is 0. The summed E-state index contributed by atoms with van der Waals surface area (Å²) in [6.45, 7) is 4.96. The van der Waals surface area contributed by atoms with Crippen molar-refractivity contribution in [2.24, 2.45) is 0 Å². The van der Waals surface area contributed by atoms with E-state index in [9.17, 15) is 0 Å². The molecule has 0 saturated carbocycles. The molecule has 1 aliphatic rings. The molecule has 1 saturated heterocycles. The Morgan fingerprint density at radius 2 is 1.65 bits per heavy atom. The second-order valence-electron chi connectivity index (χ2n) is 10.4. The lowest BCUT2D eigenvalue weighted by molar-refractivity contribution is 0.203. The third-order valence-corrected chi connectivity index (χ3v) is 7.71. The number of likely N-dealkylation sites (tertiary alicyclic amines) is 1. The molecule has 1 fully saturated rings.